The third-order valence-corrected chi connectivity index (χ3v) is 6.34. The van der Waals surface area contributed by atoms with Gasteiger partial charge in [0.1, 0.15) is 6.54 Å². The van der Waals surface area contributed by atoms with Gasteiger partial charge in [0.15, 0.2) is 11.0 Å². The number of thiophene rings is 2. The minimum atomic E-state index is -0.486. The monoisotopic (exact) mass is 407 g/mol. The van der Waals surface area contributed by atoms with Gasteiger partial charge in [0, 0.05) is 4.88 Å². The van der Waals surface area contributed by atoms with E-state index in [1.807, 2.05) is 41.9 Å². The van der Waals surface area contributed by atoms with Crippen LogP contribution in [0.15, 0.2) is 40.2 Å². The highest BCUT2D eigenvalue weighted by Gasteiger charge is 2.18. The standard InChI is InChI=1S/C16H17N5O2S3/c1-10(11-4-2-6-24-11)18-14(23)9-26-16-20-19-15(12-5-3-7-25-12)21(16)8-13(17)22/h2-7,10H,8-9H2,1H3,(H2,17,22)(H,18,23). The summed E-state index contributed by atoms with van der Waals surface area (Å²) < 4.78 is 1.65. The Kier molecular flexibility index (Phi) is 6.07. The summed E-state index contributed by atoms with van der Waals surface area (Å²) in [4.78, 5) is 25.6. The molecular weight excluding hydrogens is 390 g/mol. The van der Waals surface area contributed by atoms with Crippen LogP contribution in [0.4, 0.5) is 0 Å². The Morgan fingerprint density at radius 1 is 1.27 bits per heavy atom. The maximum atomic E-state index is 12.2. The van der Waals surface area contributed by atoms with Gasteiger partial charge in [-0.1, -0.05) is 23.9 Å². The molecule has 0 fully saturated rings. The topological polar surface area (TPSA) is 103 Å². The van der Waals surface area contributed by atoms with Crippen molar-refractivity contribution in [3.05, 3.63) is 39.9 Å². The summed E-state index contributed by atoms with van der Waals surface area (Å²) in [5, 5.41) is 15.6. The van der Waals surface area contributed by atoms with E-state index in [0.717, 1.165) is 9.75 Å². The molecule has 0 aromatic carbocycles. The molecule has 0 saturated carbocycles. The molecule has 0 aliphatic rings. The van der Waals surface area contributed by atoms with E-state index in [-0.39, 0.29) is 24.2 Å². The summed E-state index contributed by atoms with van der Waals surface area (Å²) in [5.41, 5.74) is 5.35. The number of carbonyl (C=O) groups excluding carboxylic acids is 2. The third-order valence-electron chi connectivity index (χ3n) is 3.45. The molecule has 10 heteroatoms. The van der Waals surface area contributed by atoms with Crippen LogP contribution in [0.2, 0.25) is 0 Å². The van der Waals surface area contributed by atoms with Gasteiger partial charge in [-0.15, -0.1) is 32.9 Å². The summed E-state index contributed by atoms with van der Waals surface area (Å²) in [6.07, 6.45) is 0. The van der Waals surface area contributed by atoms with E-state index in [1.165, 1.54) is 23.1 Å². The number of amides is 2. The summed E-state index contributed by atoms with van der Waals surface area (Å²) in [7, 11) is 0. The molecule has 0 radical (unpaired) electrons. The van der Waals surface area contributed by atoms with E-state index in [2.05, 4.69) is 15.5 Å². The van der Waals surface area contributed by atoms with Crippen molar-refractivity contribution in [1.29, 1.82) is 0 Å². The minimum absolute atomic E-state index is 0.0320. The number of primary amides is 1. The Hall–Kier alpha value is -2.17. The van der Waals surface area contributed by atoms with Crippen molar-refractivity contribution in [1.82, 2.24) is 20.1 Å². The fourth-order valence-corrected chi connectivity index (χ4v) is 4.50. The first-order valence-corrected chi connectivity index (χ1v) is 10.5. The normalized spacial score (nSPS) is 12.0. The number of rotatable bonds is 8. The second-order valence-corrected chi connectivity index (χ2v) is 8.30. The summed E-state index contributed by atoms with van der Waals surface area (Å²) in [5.74, 6) is 0.160. The summed E-state index contributed by atoms with van der Waals surface area (Å²) in [6, 6.07) is 7.69. The van der Waals surface area contributed by atoms with E-state index in [4.69, 9.17) is 5.73 Å². The molecule has 2 amide bonds. The van der Waals surface area contributed by atoms with Crippen LogP contribution in [0.5, 0.6) is 0 Å². The molecule has 7 nitrogen and oxygen atoms in total. The number of hydrogen-bond donors (Lipinski definition) is 2. The first kappa shape index (κ1) is 18.6. The highest BCUT2D eigenvalue weighted by atomic mass is 32.2. The van der Waals surface area contributed by atoms with E-state index in [9.17, 15) is 9.59 Å². The van der Waals surface area contributed by atoms with Crippen LogP contribution in [-0.2, 0) is 16.1 Å². The number of nitrogens with zero attached hydrogens (tertiary/aromatic N) is 3. The second kappa shape index (κ2) is 8.47. The fourth-order valence-electron chi connectivity index (χ4n) is 2.30. The number of hydrogen-bond acceptors (Lipinski definition) is 7. The maximum absolute atomic E-state index is 12.2. The van der Waals surface area contributed by atoms with Crippen LogP contribution in [0.3, 0.4) is 0 Å². The average Bonchev–Trinajstić information content (AvgIpc) is 3.34. The Labute approximate surface area is 162 Å². The van der Waals surface area contributed by atoms with Gasteiger partial charge in [0.25, 0.3) is 0 Å². The summed E-state index contributed by atoms with van der Waals surface area (Å²) in [6.45, 7) is 1.91. The predicted molar refractivity (Wildman–Crippen MR) is 104 cm³/mol. The number of nitrogens with two attached hydrogens (primary N) is 1. The van der Waals surface area contributed by atoms with Gasteiger partial charge in [-0.25, -0.2) is 0 Å². The van der Waals surface area contributed by atoms with Crippen LogP contribution >= 0.6 is 34.4 Å². The molecule has 0 aliphatic heterocycles. The van der Waals surface area contributed by atoms with Crippen molar-refractivity contribution in [3.8, 4) is 10.7 Å². The van der Waals surface area contributed by atoms with E-state index in [0.29, 0.717) is 11.0 Å². The van der Waals surface area contributed by atoms with Crippen molar-refractivity contribution in [2.45, 2.75) is 24.7 Å². The molecule has 0 spiro atoms. The predicted octanol–water partition coefficient (Wildman–Crippen LogP) is 2.52. The molecule has 0 saturated heterocycles. The molecule has 26 heavy (non-hydrogen) atoms. The lowest BCUT2D eigenvalue weighted by atomic mass is 10.3. The van der Waals surface area contributed by atoms with E-state index < -0.39 is 5.91 Å². The molecule has 136 valence electrons. The summed E-state index contributed by atoms with van der Waals surface area (Å²) >= 11 is 4.33. The zero-order chi connectivity index (χ0) is 18.5. The minimum Gasteiger partial charge on any atom is -0.368 e. The van der Waals surface area contributed by atoms with Crippen LogP contribution < -0.4 is 11.1 Å². The van der Waals surface area contributed by atoms with Crippen molar-refractivity contribution >= 4 is 46.2 Å². The maximum Gasteiger partial charge on any atom is 0.237 e. The molecule has 3 aromatic rings. The molecular formula is C16H17N5O2S3. The average molecular weight is 408 g/mol. The quantitative estimate of drug-likeness (QED) is 0.559. The Bertz CT molecular complexity index is 874. The molecule has 3 rings (SSSR count). The molecule has 1 unspecified atom stereocenters. The van der Waals surface area contributed by atoms with Crippen LogP contribution in [-0.4, -0.2) is 32.3 Å². The van der Waals surface area contributed by atoms with Gasteiger partial charge in [0.05, 0.1) is 16.7 Å². The molecule has 0 aliphatic carbocycles. The smallest absolute Gasteiger partial charge is 0.237 e. The lowest BCUT2D eigenvalue weighted by molar-refractivity contribution is -0.119. The number of carbonyl (C=O) groups is 2. The highest BCUT2D eigenvalue weighted by molar-refractivity contribution is 7.99. The van der Waals surface area contributed by atoms with Crippen LogP contribution in [0, 0.1) is 0 Å². The van der Waals surface area contributed by atoms with Gasteiger partial charge in [0.2, 0.25) is 11.8 Å². The number of aromatic nitrogens is 3. The van der Waals surface area contributed by atoms with Gasteiger partial charge in [-0.05, 0) is 29.8 Å². The largest absolute Gasteiger partial charge is 0.368 e. The molecule has 1 atom stereocenters. The first-order valence-electron chi connectivity index (χ1n) is 7.75. The first-order chi connectivity index (χ1) is 12.5. The Morgan fingerprint density at radius 2 is 2.04 bits per heavy atom. The van der Waals surface area contributed by atoms with Gasteiger partial charge in [-0.3, -0.25) is 14.2 Å². The van der Waals surface area contributed by atoms with Crippen molar-refractivity contribution in [2.24, 2.45) is 5.73 Å². The Balaban J connectivity index is 1.67. The lowest BCUT2D eigenvalue weighted by Crippen LogP contribution is -2.28. The van der Waals surface area contributed by atoms with E-state index in [1.54, 1.807) is 15.9 Å². The second-order valence-electron chi connectivity index (χ2n) is 5.43. The van der Waals surface area contributed by atoms with Crippen molar-refractivity contribution in [2.75, 3.05) is 5.75 Å². The van der Waals surface area contributed by atoms with Crippen LogP contribution in [0.25, 0.3) is 10.7 Å². The molecule has 3 heterocycles. The van der Waals surface area contributed by atoms with E-state index >= 15 is 0 Å². The molecule has 0 bridgehead atoms. The SMILES string of the molecule is CC(NC(=O)CSc1nnc(-c2cccs2)n1CC(N)=O)c1cccs1. The lowest BCUT2D eigenvalue weighted by Gasteiger charge is -2.12. The van der Waals surface area contributed by atoms with Gasteiger partial charge < -0.3 is 11.1 Å². The van der Waals surface area contributed by atoms with Crippen molar-refractivity contribution in [3.63, 3.8) is 0 Å². The van der Waals surface area contributed by atoms with Crippen LogP contribution in [0.1, 0.15) is 17.8 Å². The third kappa shape index (κ3) is 4.51. The highest BCUT2D eigenvalue weighted by Crippen LogP contribution is 2.27. The molecule has 3 aromatic heterocycles. The number of nitrogens with one attached hydrogen (secondary N) is 1. The number of thioether (sulfide) groups is 1. The zero-order valence-electron chi connectivity index (χ0n) is 13.9. The van der Waals surface area contributed by atoms with Crippen molar-refractivity contribution < 1.29 is 9.59 Å². The fraction of sp³-hybridized carbons (Fsp3) is 0.250. The molecule has 3 N–H and O–H groups in total. The Morgan fingerprint density at radius 3 is 2.69 bits per heavy atom. The van der Waals surface area contributed by atoms with Gasteiger partial charge in [-0.2, -0.15) is 0 Å². The zero-order valence-corrected chi connectivity index (χ0v) is 16.4. The van der Waals surface area contributed by atoms with Gasteiger partial charge >= 0.3 is 0 Å².